The second-order valence-electron chi connectivity index (χ2n) is 4.14. The van der Waals surface area contributed by atoms with E-state index in [2.05, 4.69) is 0 Å². The Labute approximate surface area is 82.1 Å². The van der Waals surface area contributed by atoms with E-state index in [1.807, 2.05) is 12.2 Å². The molecule has 0 bridgehead atoms. The first-order valence-corrected chi connectivity index (χ1v) is 4.70. The molecule has 0 fully saturated rings. The maximum atomic E-state index is 11.7. The fourth-order valence-electron chi connectivity index (χ4n) is 2.24. The minimum absolute atomic E-state index is 0.131. The SMILES string of the molecule is C[C@]12CC=CC[C@@H]1C(=O)C=C(O)C2=O. The molecule has 1 N–H and O–H groups in total. The van der Waals surface area contributed by atoms with Crippen molar-refractivity contribution in [3.05, 3.63) is 24.0 Å². The van der Waals surface area contributed by atoms with E-state index >= 15 is 0 Å². The molecule has 0 aromatic carbocycles. The van der Waals surface area contributed by atoms with Crippen LogP contribution in [-0.2, 0) is 9.59 Å². The lowest BCUT2D eigenvalue weighted by Gasteiger charge is -2.38. The number of hydrogen-bond acceptors (Lipinski definition) is 3. The van der Waals surface area contributed by atoms with E-state index in [1.165, 1.54) is 0 Å². The second-order valence-corrected chi connectivity index (χ2v) is 4.14. The summed E-state index contributed by atoms with van der Waals surface area (Å²) in [4.78, 5) is 23.3. The number of fused-ring (bicyclic) bond motifs is 1. The van der Waals surface area contributed by atoms with Gasteiger partial charge in [-0.2, -0.15) is 0 Å². The van der Waals surface area contributed by atoms with Crippen LogP contribution in [0.5, 0.6) is 0 Å². The zero-order valence-corrected chi connectivity index (χ0v) is 7.99. The Morgan fingerprint density at radius 3 is 2.86 bits per heavy atom. The molecule has 2 rings (SSSR count). The molecule has 0 radical (unpaired) electrons. The first-order valence-electron chi connectivity index (χ1n) is 4.70. The summed E-state index contributed by atoms with van der Waals surface area (Å²) in [5, 5.41) is 9.32. The van der Waals surface area contributed by atoms with E-state index in [9.17, 15) is 14.7 Å². The summed E-state index contributed by atoms with van der Waals surface area (Å²) in [7, 11) is 0. The number of aliphatic hydroxyl groups excluding tert-OH is 1. The van der Waals surface area contributed by atoms with Crippen LogP contribution >= 0.6 is 0 Å². The van der Waals surface area contributed by atoms with Gasteiger partial charge in [0.1, 0.15) is 0 Å². The third-order valence-electron chi connectivity index (χ3n) is 3.22. The van der Waals surface area contributed by atoms with Crippen LogP contribution in [0.1, 0.15) is 19.8 Å². The van der Waals surface area contributed by atoms with Gasteiger partial charge >= 0.3 is 0 Å². The maximum absolute atomic E-state index is 11.7. The summed E-state index contributed by atoms with van der Waals surface area (Å²) in [6.07, 6.45) is 6.03. The minimum atomic E-state index is -0.718. The predicted octanol–water partition coefficient (Wildman–Crippen LogP) is 1.55. The Morgan fingerprint density at radius 2 is 2.14 bits per heavy atom. The van der Waals surface area contributed by atoms with Crippen molar-refractivity contribution < 1.29 is 14.7 Å². The largest absolute Gasteiger partial charge is 0.504 e. The normalized spacial score (nSPS) is 36.6. The fourth-order valence-corrected chi connectivity index (χ4v) is 2.24. The van der Waals surface area contributed by atoms with E-state index in [4.69, 9.17) is 0 Å². The van der Waals surface area contributed by atoms with Gasteiger partial charge in [0.05, 0.1) is 0 Å². The monoisotopic (exact) mass is 192 g/mol. The number of aliphatic hydroxyl groups is 1. The third kappa shape index (κ3) is 1.05. The van der Waals surface area contributed by atoms with Gasteiger partial charge in [0.15, 0.2) is 11.5 Å². The van der Waals surface area contributed by atoms with Gasteiger partial charge in [-0.1, -0.05) is 19.1 Å². The molecule has 2 aliphatic carbocycles. The van der Waals surface area contributed by atoms with Crippen LogP contribution in [0.2, 0.25) is 0 Å². The van der Waals surface area contributed by atoms with Gasteiger partial charge in [-0.25, -0.2) is 0 Å². The molecule has 0 amide bonds. The molecule has 0 heterocycles. The predicted molar refractivity (Wildman–Crippen MR) is 50.7 cm³/mol. The molecule has 0 spiro atoms. The van der Waals surface area contributed by atoms with E-state index in [0.717, 1.165) is 6.08 Å². The highest BCUT2D eigenvalue weighted by Gasteiger charge is 2.48. The van der Waals surface area contributed by atoms with Gasteiger partial charge in [0.25, 0.3) is 0 Å². The van der Waals surface area contributed by atoms with Gasteiger partial charge < -0.3 is 5.11 Å². The highest BCUT2D eigenvalue weighted by atomic mass is 16.3. The number of carbonyl (C=O) groups excluding carboxylic acids is 2. The van der Waals surface area contributed by atoms with Gasteiger partial charge in [-0.05, 0) is 12.8 Å². The van der Waals surface area contributed by atoms with Crippen molar-refractivity contribution >= 4 is 11.6 Å². The Balaban J connectivity index is 2.50. The summed E-state index contributed by atoms with van der Waals surface area (Å²) >= 11 is 0. The van der Waals surface area contributed by atoms with Gasteiger partial charge in [-0.15, -0.1) is 0 Å². The highest BCUT2D eigenvalue weighted by molar-refractivity contribution is 6.11. The first kappa shape index (κ1) is 9.19. The summed E-state index contributed by atoms with van der Waals surface area (Å²) in [6, 6.07) is 0. The summed E-state index contributed by atoms with van der Waals surface area (Å²) < 4.78 is 0. The molecule has 74 valence electrons. The maximum Gasteiger partial charge on any atom is 0.204 e. The number of hydrogen-bond donors (Lipinski definition) is 1. The zero-order valence-electron chi connectivity index (χ0n) is 7.99. The van der Waals surface area contributed by atoms with Crippen LogP contribution in [0.3, 0.4) is 0 Å². The lowest BCUT2D eigenvalue weighted by atomic mass is 9.63. The summed E-state index contributed by atoms with van der Waals surface area (Å²) in [6.45, 7) is 1.75. The van der Waals surface area contributed by atoms with Crippen molar-refractivity contribution in [2.45, 2.75) is 19.8 Å². The molecule has 14 heavy (non-hydrogen) atoms. The highest BCUT2D eigenvalue weighted by Crippen LogP contribution is 2.43. The number of rotatable bonds is 0. The smallest absolute Gasteiger partial charge is 0.204 e. The van der Waals surface area contributed by atoms with Crippen molar-refractivity contribution in [1.29, 1.82) is 0 Å². The Morgan fingerprint density at radius 1 is 1.43 bits per heavy atom. The van der Waals surface area contributed by atoms with Crippen LogP contribution in [-0.4, -0.2) is 16.7 Å². The van der Waals surface area contributed by atoms with E-state index in [-0.39, 0.29) is 23.2 Å². The van der Waals surface area contributed by atoms with Crippen LogP contribution in [0, 0.1) is 11.3 Å². The van der Waals surface area contributed by atoms with Gasteiger partial charge in [0, 0.05) is 17.4 Å². The number of Topliss-reactive ketones (excluding diaryl/α,β-unsaturated/α-hetero) is 1. The average molecular weight is 192 g/mol. The fraction of sp³-hybridized carbons (Fsp3) is 0.455. The molecule has 0 aromatic heterocycles. The molecule has 0 unspecified atom stereocenters. The first-order chi connectivity index (χ1) is 6.55. The van der Waals surface area contributed by atoms with Gasteiger partial charge in [0.2, 0.25) is 5.78 Å². The van der Waals surface area contributed by atoms with Crippen LogP contribution in [0.4, 0.5) is 0 Å². The van der Waals surface area contributed by atoms with E-state index < -0.39 is 5.41 Å². The molecular weight excluding hydrogens is 180 g/mol. The summed E-state index contributed by atoms with van der Waals surface area (Å²) in [5.74, 6) is -1.10. The molecule has 0 aromatic rings. The second kappa shape index (κ2) is 2.80. The molecule has 3 nitrogen and oxygen atoms in total. The molecular formula is C11H12O3. The van der Waals surface area contributed by atoms with Crippen molar-refractivity contribution in [1.82, 2.24) is 0 Å². The standard InChI is InChI=1S/C11H12O3/c1-11-5-3-2-4-7(11)8(12)6-9(13)10(11)14/h2-3,6-7,13H,4-5H2,1H3/t7-,11+/m1/s1. The summed E-state index contributed by atoms with van der Waals surface area (Å²) in [5.41, 5.74) is -0.718. The Kier molecular flexibility index (Phi) is 1.84. The van der Waals surface area contributed by atoms with Crippen LogP contribution < -0.4 is 0 Å². The lowest BCUT2D eigenvalue weighted by Crippen LogP contribution is -2.44. The molecule has 0 aliphatic heterocycles. The topological polar surface area (TPSA) is 54.4 Å². The van der Waals surface area contributed by atoms with Crippen LogP contribution in [0.25, 0.3) is 0 Å². The quantitative estimate of drug-likeness (QED) is 0.592. The molecule has 3 heteroatoms. The van der Waals surface area contributed by atoms with Crippen LogP contribution in [0.15, 0.2) is 24.0 Å². The Hall–Kier alpha value is -1.38. The van der Waals surface area contributed by atoms with E-state index in [1.54, 1.807) is 6.92 Å². The average Bonchev–Trinajstić information content (AvgIpc) is 2.15. The van der Waals surface area contributed by atoms with Gasteiger partial charge in [-0.3, -0.25) is 9.59 Å². The molecule has 2 aliphatic rings. The molecule has 0 saturated carbocycles. The zero-order chi connectivity index (χ0) is 10.3. The van der Waals surface area contributed by atoms with E-state index in [0.29, 0.717) is 12.8 Å². The van der Waals surface area contributed by atoms with Crippen molar-refractivity contribution in [3.63, 3.8) is 0 Å². The molecule has 2 atom stereocenters. The minimum Gasteiger partial charge on any atom is -0.504 e. The number of allylic oxidation sites excluding steroid dienone is 4. The number of ketones is 2. The van der Waals surface area contributed by atoms with Crippen molar-refractivity contribution in [3.8, 4) is 0 Å². The molecule has 0 saturated heterocycles. The lowest BCUT2D eigenvalue weighted by molar-refractivity contribution is -0.138. The number of carbonyl (C=O) groups is 2. The Bertz CT molecular complexity index is 365. The third-order valence-corrected chi connectivity index (χ3v) is 3.22. The van der Waals surface area contributed by atoms with Crippen molar-refractivity contribution in [2.24, 2.45) is 11.3 Å². The van der Waals surface area contributed by atoms with Crippen molar-refractivity contribution in [2.75, 3.05) is 0 Å².